The van der Waals surface area contributed by atoms with E-state index in [-0.39, 0.29) is 23.7 Å². The van der Waals surface area contributed by atoms with Crippen molar-refractivity contribution >= 4 is 11.8 Å². The molecule has 2 heterocycles. The van der Waals surface area contributed by atoms with Gasteiger partial charge in [0, 0.05) is 13.1 Å². The first kappa shape index (κ1) is 11.9. The number of fused-ring (bicyclic) bond motifs is 1. The number of hydrogen-bond donors (Lipinski definition) is 1. The van der Waals surface area contributed by atoms with Gasteiger partial charge in [-0.2, -0.15) is 0 Å². The molecule has 0 aromatic rings. The fourth-order valence-electron chi connectivity index (χ4n) is 3.40. The zero-order valence-electron chi connectivity index (χ0n) is 10.7. The van der Waals surface area contributed by atoms with Gasteiger partial charge in [0.15, 0.2) is 0 Å². The predicted molar refractivity (Wildman–Crippen MR) is 67.7 cm³/mol. The van der Waals surface area contributed by atoms with Gasteiger partial charge in [0.05, 0.1) is 11.8 Å². The van der Waals surface area contributed by atoms with E-state index in [1.807, 2.05) is 0 Å². The Morgan fingerprint density at radius 3 is 2.39 bits per heavy atom. The second kappa shape index (κ2) is 4.84. The number of amides is 2. The van der Waals surface area contributed by atoms with Crippen molar-refractivity contribution in [3.8, 4) is 0 Å². The number of nitrogens with one attached hydrogen (secondary N) is 1. The van der Waals surface area contributed by atoms with E-state index in [1.54, 1.807) is 0 Å². The smallest absolute Gasteiger partial charge is 0.233 e. The highest BCUT2D eigenvalue weighted by molar-refractivity contribution is 6.05. The van der Waals surface area contributed by atoms with Crippen LogP contribution in [0.2, 0.25) is 0 Å². The number of imide groups is 1. The molecular formula is C14H20N2O2. The monoisotopic (exact) mass is 248 g/mol. The lowest BCUT2D eigenvalue weighted by Gasteiger charge is -2.20. The van der Waals surface area contributed by atoms with Gasteiger partial charge in [0.2, 0.25) is 11.8 Å². The first-order chi connectivity index (χ1) is 8.77. The minimum atomic E-state index is -0.00596. The average Bonchev–Trinajstić information content (AvgIpc) is 2.66. The Morgan fingerprint density at radius 2 is 1.83 bits per heavy atom. The summed E-state index contributed by atoms with van der Waals surface area (Å²) < 4.78 is 0. The van der Waals surface area contributed by atoms with Crippen molar-refractivity contribution in [2.45, 2.75) is 32.1 Å². The predicted octanol–water partition coefficient (Wildman–Crippen LogP) is 1.08. The molecule has 18 heavy (non-hydrogen) atoms. The van der Waals surface area contributed by atoms with Gasteiger partial charge in [-0.3, -0.25) is 14.5 Å². The molecule has 0 aromatic heterocycles. The molecule has 3 aliphatic rings. The van der Waals surface area contributed by atoms with Crippen LogP contribution in [0.3, 0.4) is 0 Å². The molecule has 2 unspecified atom stereocenters. The van der Waals surface area contributed by atoms with Crippen molar-refractivity contribution in [3.05, 3.63) is 11.6 Å². The van der Waals surface area contributed by atoms with Crippen molar-refractivity contribution in [2.75, 3.05) is 19.6 Å². The Morgan fingerprint density at radius 1 is 1.17 bits per heavy atom. The second-order valence-electron chi connectivity index (χ2n) is 5.58. The van der Waals surface area contributed by atoms with Crippen LogP contribution >= 0.6 is 0 Å². The number of rotatable bonds is 2. The van der Waals surface area contributed by atoms with Gasteiger partial charge in [0.1, 0.15) is 0 Å². The Bertz CT molecular complexity index is 379. The molecule has 1 N–H and O–H groups in total. The topological polar surface area (TPSA) is 49.4 Å². The summed E-state index contributed by atoms with van der Waals surface area (Å²) >= 11 is 0. The Kier molecular flexibility index (Phi) is 3.20. The van der Waals surface area contributed by atoms with Crippen LogP contribution < -0.4 is 5.32 Å². The summed E-state index contributed by atoms with van der Waals surface area (Å²) in [5.74, 6) is 0.162. The van der Waals surface area contributed by atoms with Crippen molar-refractivity contribution in [2.24, 2.45) is 11.8 Å². The highest BCUT2D eigenvalue weighted by Crippen LogP contribution is 2.38. The molecule has 4 heteroatoms. The van der Waals surface area contributed by atoms with Crippen molar-refractivity contribution in [1.82, 2.24) is 10.2 Å². The lowest BCUT2D eigenvalue weighted by atomic mass is 9.81. The number of likely N-dealkylation sites (tertiary alicyclic amines) is 1. The van der Waals surface area contributed by atoms with Gasteiger partial charge in [-0.15, -0.1) is 0 Å². The summed E-state index contributed by atoms with van der Waals surface area (Å²) in [7, 11) is 0. The van der Waals surface area contributed by atoms with Gasteiger partial charge in [-0.1, -0.05) is 24.5 Å². The van der Waals surface area contributed by atoms with Crippen LogP contribution in [0.1, 0.15) is 32.1 Å². The quantitative estimate of drug-likeness (QED) is 0.587. The Hall–Kier alpha value is -1.16. The normalized spacial score (nSPS) is 32.4. The van der Waals surface area contributed by atoms with E-state index in [2.05, 4.69) is 11.4 Å². The Balaban J connectivity index is 1.74. The lowest BCUT2D eigenvalue weighted by molar-refractivity contribution is -0.139. The van der Waals surface area contributed by atoms with Crippen LogP contribution in [0.15, 0.2) is 11.6 Å². The largest absolute Gasteiger partial charge is 0.313 e. The van der Waals surface area contributed by atoms with Crippen LogP contribution in [0.4, 0.5) is 0 Å². The molecule has 1 saturated carbocycles. The molecule has 0 bridgehead atoms. The lowest BCUT2D eigenvalue weighted by Crippen LogP contribution is -2.35. The maximum Gasteiger partial charge on any atom is 0.233 e. The standard InChI is InChI=1S/C14H20N2O2/c17-13-11-3-1-2-4-12(11)14(18)16(13)9-10-5-7-15-8-6-10/h5,11-12,15H,1-4,6-9H2. The van der Waals surface area contributed by atoms with Crippen LogP contribution in [0.5, 0.6) is 0 Å². The first-order valence-electron chi connectivity index (χ1n) is 7.01. The molecule has 0 radical (unpaired) electrons. The molecular weight excluding hydrogens is 228 g/mol. The maximum absolute atomic E-state index is 12.3. The second-order valence-corrected chi connectivity index (χ2v) is 5.58. The van der Waals surface area contributed by atoms with E-state index in [9.17, 15) is 9.59 Å². The van der Waals surface area contributed by atoms with E-state index in [1.165, 1.54) is 10.5 Å². The van der Waals surface area contributed by atoms with Crippen molar-refractivity contribution in [3.63, 3.8) is 0 Å². The van der Waals surface area contributed by atoms with Crippen LogP contribution in [-0.4, -0.2) is 36.3 Å². The third-order valence-electron chi connectivity index (χ3n) is 4.45. The number of carbonyl (C=O) groups is 2. The SMILES string of the molecule is O=C1C2CCCCC2C(=O)N1CC1=CCNCC1. The van der Waals surface area contributed by atoms with E-state index in [0.29, 0.717) is 6.54 Å². The summed E-state index contributed by atoms with van der Waals surface area (Å²) in [6, 6.07) is 0. The highest BCUT2D eigenvalue weighted by Gasteiger charge is 2.47. The molecule has 3 rings (SSSR count). The molecule has 98 valence electrons. The fraction of sp³-hybridized carbons (Fsp3) is 0.714. The minimum Gasteiger partial charge on any atom is -0.313 e. The average molecular weight is 248 g/mol. The van der Waals surface area contributed by atoms with Crippen LogP contribution in [0.25, 0.3) is 0 Å². The molecule has 1 aliphatic carbocycles. The third kappa shape index (κ3) is 1.99. The van der Waals surface area contributed by atoms with Gasteiger partial charge in [-0.25, -0.2) is 0 Å². The van der Waals surface area contributed by atoms with Gasteiger partial charge in [-0.05, 0) is 25.8 Å². The van der Waals surface area contributed by atoms with Crippen molar-refractivity contribution in [1.29, 1.82) is 0 Å². The van der Waals surface area contributed by atoms with Crippen molar-refractivity contribution < 1.29 is 9.59 Å². The number of nitrogens with zero attached hydrogens (tertiary/aromatic N) is 1. The molecule has 2 fully saturated rings. The van der Waals surface area contributed by atoms with Crippen LogP contribution in [0, 0.1) is 11.8 Å². The van der Waals surface area contributed by atoms with Gasteiger partial charge >= 0.3 is 0 Å². The summed E-state index contributed by atoms with van der Waals surface area (Å²) in [6.07, 6.45) is 7.08. The molecule has 0 aromatic carbocycles. The highest BCUT2D eigenvalue weighted by atomic mass is 16.2. The molecule has 2 aliphatic heterocycles. The molecule has 4 nitrogen and oxygen atoms in total. The first-order valence-corrected chi connectivity index (χ1v) is 7.01. The van der Waals surface area contributed by atoms with E-state index in [4.69, 9.17) is 0 Å². The summed E-state index contributed by atoms with van der Waals surface area (Å²) in [4.78, 5) is 26.1. The zero-order chi connectivity index (χ0) is 12.5. The summed E-state index contributed by atoms with van der Waals surface area (Å²) in [5.41, 5.74) is 1.23. The van der Waals surface area contributed by atoms with E-state index < -0.39 is 0 Å². The molecule has 1 saturated heterocycles. The van der Waals surface area contributed by atoms with Gasteiger partial charge in [0.25, 0.3) is 0 Å². The minimum absolute atomic E-state index is 0.00596. The summed E-state index contributed by atoms with van der Waals surface area (Å²) in [6.45, 7) is 2.35. The number of carbonyl (C=O) groups excluding carboxylic acids is 2. The van der Waals surface area contributed by atoms with Crippen LogP contribution in [-0.2, 0) is 9.59 Å². The zero-order valence-corrected chi connectivity index (χ0v) is 10.7. The molecule has 2 atom stereocenters. The Labute approximate surface area is 107 Å². The van der Waals surface area contributed by atoms with Gasteiger partial charge < -0.3 is 5.32 Å². The third-order valence-corrected chi connectivity index (χ3v) is 4.45. The number of hydrogen-bond acceptors (Lipinski definition) is 3. The summed E-state index contributed by atoms with van der Waals surface area (Å²) in [5, 5.41) is 3.25. The fourth-order valence-corrected chi connectivity index (χ4v) is 3.40. The molecule has 2 amide bonds. The van der Waals surface area contributed by atoms with E-state index >= 15 is 0 Å². The maximum atomic E-state index is 12.3. The van der Waals surface area contributed by atoms with E-state index in [0.717, 1.165) is 45.2 Å². The molecule has 0 spiro atoms.